The Kier molecular flexibility index (Phi) is 3.77. The molecule has 1 heterocycles. The van der Waals surface area contributed by atoms with Crippen LogP contribution in [0.15, 0.2) is 0 Å². The minimum Gasteiger partial charge on any atom is -0.469 e. The van der Waals surface area contributed by atoms with Crippen molar-refractivity contribution < 1.29 is 14.3 Å². The fourth-order valence-corrected chi connectivity index (χ4v) is 2.59. The Morgan fingerprint density at radius 3 is 2.53 bits per heavy atom. The zero-order valence-electron chi connectivity index (χ0n) is 10.4. The van der Waals surface area contributed by atoms with E-state index >= 15 is 0 Å². The molecule has 3 atom stereocenters. The van der Waals surface area contributed by atoms with Crippen molar-refractivity contribution in [2.24, 2.45) is 11.8 Å². The Hall–Kier alpha value is -0.570. The Balaban J connectivity index is 2.74. The van der Waals surface area contributed by atoms with Crippen LogP contribution in [0.4, 0.5) is 0 Å². The highest BCUT2D eigenvalue weighted by molar-refractivity contribution is 5.73. The molecule has 1 saturated heterocycles. The molecule has 1 aliphatic heterocycles. The van der Waals surface area contributed by atoms with Gasteiger partial charge >= 0.3 is 5.97 Å². The van der Waals surface area contributed by atoms with Crippen LogP contribution >= 0.6 is 0 Å². The lowest BCUT2D eigenvalue weighted by Crippen LogP contribution is -2.33. The third-order valence-electron chi connectivity index (χ3n) is 3.17. The molecule has 3 unspecified atom stereocenters. The van der Waals surface area contributed by atoms with Gasteiger partial charge in [0.2, 0.25) is 0 Å². The van der Waals surface area contributed by atoms with Crippen molar-refractivity contribution in [3.8, 4) is 0 Å². The molecule has 0 aromatic carbocycles. The second kappa shape index (κ2) is 4.52. The van der Waals surface area contributed by atoms with Gasteiger partial charge in [-0.2, -0.15) is 0 Å². The third kappa shape index (κ3) is 2.71. The van der Waals surface area contributed by atoms with Gasteiger partial charge in [0.25, 0.3) is 0 Å². The molecule has 88 valence electrons. The van der Waals surface area contributed by atoms with Crippen LogP contribution in [0.25, 0.3) is 0 Å². The minimum absolute atomic E-state index is 0.0115. The Morgan fingerprint density at radius 2 is 2.20 bits per heavy atom. The van der Waals surface area contributed by atoms with E-state index in [2.05, 4.69) is 20.8 Å². The van der Waals surface area contributed by atoms with Crippen molar-refractivity contribution in [1.29, 1.82) is 0 Å². The molecule has 0 aromatic heterocycles. The first-order chi connectivity index (χ1) is 6.91. The van der Waals surface area contributed by atoms with Crippen molar-refractivity contribution in [1.82, 2.24) is 0 Å². The standard InChI is InChI=1S/C12H22O3/c1-6-9(11(13)14-5)10-8(2)7-12(3,4)15-10/h8-10H,6-7H2,1-5H3. The van der Waals surface area contributed by atoms with Crippen LogP contribution in [-0.4, -0.2) is 24.8 Å². The lowest BCUT2D eigenvalue weighted by atomic mass is 9.88. The number of methoxy groups -OCH3 is 1. The van der Waals surface area contributed by atoms with Crippen LogP contribution < -0.4 is 0 Å². The summed E-state index contributed by atoms with van der Waals surface area (Å²) in [6.07, 6.45) is 1.79. The molecule has 3 heteroatoms. The lowest BCUT2D eigenvalue weighted by molar-refractivity contribution is -0.153. The smallest absolute Gasteiger partial charge is 0.311 e. The summed E-state index contributed by atoms with van der Waals surface area (Å²) in [7, 11) is 1.44. The van der Waals surface area contributed by atoms with Crippen molar-refractivity contribution >= 4 is 5.97 Å². The number of carbonyl (C=O) groups excluding carboxylic acids is 1. The average Bonchev–Trinajstić information content (AvgIpc) is 2.41. The molecule has 3 nitrogen and oxygen atoms in total. The maximum Gasteiger partial charge on any atom is 0.311 e. The first kappa shape index (κ1) is 12.5. The summed E-state index contributed by atoms with van der Waals surface area (Å²) in [4.78, 5) is 11.6. The van der Waals surface area contributed by atoms with Gasteiger partial charge in [-0.1, -0.05) is 13.8 Å². The first-order valence-corrected chi connectivity index (χ1v) is 5.67. The van der Waals surface area contributed by atoms with E-state index in [1.807, 2.05) is 6.92 Å². The molecular weight excluding hydrogens is 192 g/mol. The van der Waals surface area contributed by atoms with Gasteiger partial charge in [0, 0.05) is 0 Å². The lowest BCUT2D eigenvalue weighted by Gasteiger charge is -2.25. The highest BCUT2D eigenvalue weighted by Crippen LogP contribution is 2.38. The van der Waals surface area contributed by atoms with E-state index in [-0.39, 0.29) is 23.6 Å². The second-order valence-corrected chi connectivity index (χ2v) is 5.06. The molecule has 0 bridgehead atoms. The summed E-state index contributed by atoms with van der Waals surface area (Å²) in [6, 6.07) is 0. The van der Waals surface area contributed by atoms with Gasteiger partial charge in [0.05, 0.1) is 24.7 Å². The van der Waals surface area contributed by atoms with Crippen LogP contribution in [0.5, 0.6) is 0 Å². The number of rotatable bonds is 3. The summed E-state index contributed by atoms with van der Waals surface area (Å²) >= 11 is 0. The van der Waals surface area contributed by atoms with Gasteiger partial charge in [-0.15, -0.1) is 0 Å². The van der Waals surface area contributed by atoms with Gasteiger partial charge in [-0.05, 0) is 32.6 Å². The maximum absolute atomic E-state index is 11.6. The Labute approximate surface area is 92.1 Å². The number of hydrogen-bond acceptors (Lipinski definition) is 3. The summed E-state index contributed by atoms with van der Waals surface area (Å²) in [5.74, 6) is 0.155. The summed E-state index contributed by atoms with van der Waals surface area (Å²) in [5.41, 5.74) is -0.106. The zero-order valence-corrected chi connectivity index (χ0v) is 10.4. The van der Waals surface area contributed by atoms with Gasteiger partial charge in [-0.3, -0.25) is 4.79 Å². The second-order valence-electron chi connectivity index (χ2n) is 5.06. The SMILES string of the molecule is CCC(C(=O)OC)C1OC(C)(C)CC1C. The van der Waals surface area contributed by atoms with Crippen LogP contribution in [0.1, 0.15) is 40.5 Å². The number of hydrogen-bond donors (Lipinski definition) is 0. The highest BCUT2D eigenvalue weighted by Gasteiger charge is 2.43. The molecule has 0 N–H and O–H groups in total. The van der Waals surface area contributed by atoms with Gasteiger partial charge < -0.3 is 9.47 Å². The zero-order chi connectivity index (χ0) is 11.6. The van der Waals surface area contributed by atoms with E-state index in [0.717, 1.165) is 12.8 Å². The minimum atomic E-state index is -0.146. The molecular formula is C12H22O3. The molecule has 15 heavy (non-hydrogen) atoms. The van der Waals surface area contributed by atoms with Crippen LogP contribution in [0, 0.1) is 11.8 Å². The monoisotopic (exact) mass is 214 g/mol. The molecule has 1 rings (SSSR count). The number of carbonyl (C=O) groups is 1. The fourth-order valence-electron chi connectivity index (χ4n) is 2.59. The largest absolute Gasteiger partial charge is 0.469 e. The molecule has 0 amide bonds. The van der Waals surface area contributed by atoms with E-state index in [0.29, 0.717) is 5.92 Å². The Bertz CT molecular complexity index is 235. The average molecular weight is 214 g/mol. The van der Waals surface area contributed by atoms with Crippen LogP contribution in [0.2, 0.25) is 0 Å². The highest BCUT2D eigenvalue weighted by atomic mass is 16.5. The first-order valence-electron chi connectivity index (χ1n) is 5.67. The van der Waals surface area contributed by atoms with Gasteiger partial charge in [0.1, 0.15) is 0 Å². The predicted octanol–water partition coefficient (Wildman–Crippen LogP) is 2.39. The van der Waals surface area contributed by atoms with Crippen LogP contribution in [-0.2, 0) is 14.3 Å². The van der Waals surface area contributed by atoms with Gasteiger partial charge in [-0.25, -0.2) is 0 Å². The van der Waals surface area contributed by atoms with Crippen molar-refractivity contribution in [2.45, 2.75) is 52.2 Å². The maximum atomic E-state index is 11.6. The topological polar surface area (TPSA) is 35.5 Å². The van der Waals surface area contributed by atoms with Crippen LogP contribution in [0.3, 0.4) is 0 Å². The Morgan fingerprint density at radius 1 is 1.60 bits per heavy atom. The summed E-state index contributed by atoms with van der Waals surface area (Å²) < 4.78 is 10.7. The van der Waals surface area contributed by atoms with E-state index in [1.165, 1.54) is 7.11 Å². The summed E-state index contributed by atoms with van der Waals surface area (Å²) in [6.45, 7) is 8.30. The molecule has 0 saturated carbocycles. The number of ether oxygens (including phenoxy) is 2. The molecule has 0 spiro atoms. The fraction of sp³-hybridized carbons (Fsp3) is 0.917. The van der Waals surface area contributed by atoms with E-state index in [4.69, 9.17) is 9.47 Å². The van der Waals surface area contributed by atoms with Crippen molar-refractivity contribution in [3.63, 3.8) is 0 Å². The van der Waals surface area contributed by atoms with Gasteiger partial charge in [0.15, 0.2) is 0 Å². The molecule has 1 fully saturated rings. The predicted molar refractivity (Wildman–Crippen MR) is 58.5 cm³/mol. The number of esters is 1. The van der Waals surface area contributed by atoms with E-state index in [1.54, 1.807) is 0 Å². The van der Waals surface area contributed by atoms with Crippen molar-refractivity contribution in [3.05, 3.63) is 0 Å². The molecule has 0 aliphatic carbocycles. The third-order valence-corrected chi connectivity index (χ3v) is 3.17. The molecule has 0 radical (unpaired) electrons. The summed E-state index contributed by atoms with van der Waals surface area (Å²) in [5, 5.41) is 0. The van der Waals surface area contributed by atoms with E-state index in [9.17, 15) is 4.79 Å². The van der Waals surface area contributed by atoms with Crippen molar-refractivity contribution in [2.75, 3.05) is 7.11 Å². The molecule has 0 aromatic rings. The molecule has 1 aliphatic rings. The quantitative estimate of drug-likeness (QED) is 0.677. The normalized spacial score (nSPS) is 31.3. The van der Waals surface area contributed by atoms with E-state index < -0.39 is 0 Å².